The molecule has 0 amide bonds. The second-order valence-corrected chi connectivity index (χ2v) is 7.03. The van der Waals surface area contributed by atoms with E-state index in [1.807, 2.05) is 0 Å². The number of carbonyl (C=O) groups is 2. The van der Waals surface area contributed by atoms with Crippen molar-refractivity contribution in [1.29, 1.82) is 0 Å². The van der Waals surface area contributed by atoms with Crippen LogP contribution in [0.15, 0.2) is 28.9 Å². The molecule has 0 aliphatic carbocycles. The van der Waals surface area contributed by atoms with Crippen LogP contribution in [0.25, 0.3) is 0 Å². The molecule has 28 heavy (non-hydrogen) atoms. The van der Waals surface area contributed by atoms with E-state index in [-0.39, 0.29) is 30.4 Å². The van der Waals surface area contributed by atoms with Gasteiger partial charge in [0.15, 0.2) is 17.3 Å². The van der Waals surface area contributed by atoms with Crippen LogP contribution < -0.4 is 4.74 Å². The van der Waals surface area contributed by atoms with Crippen LogP contribution in [-0.2, 0) is 14.3 Å². The van der Waals surface area contributed by atoms with Gasteiger partial charge in [0.25, 0.3) is 0 Å². The molecule has 0 radical (unpaired) electrons. The predicted molar refractivity (Wildman–Crippen MR) is 97.7 cm³/mol. The van der Waals surface area contributed by atoms with Crippen LogP contribution in [0.5, 0.6) is 5.75 Å². The third-order valence-corrected chi connectivity index (χ3v) is 3.67. The van der Waals surface area contributed by atoms with Crippen molar-refractivity contribution in [3.05, 3.63) is 47.4 Å². The predicted octanol–water partition coefficient (Wildman–Crippen LogP) is 3.86. The van der Waals surface area contributed by atoms with Crippen LogP contribution in [0.3, 0.4) is 0 Å². The van der Waals surface area contributed by atoms with Gasteiger partial charge >= 0.3 is 11.9 Å². The Hall–Kier alpha value is -2.90. The maximum atomic E-state index is 14.2. The first-order valence-corrected chi connectivity index (χ1v) is 8.82. The summed E-state index contributed by atoms with van der Waals surface area (Å²) < 4.78 is 34.8. The average Bonchev–Trinajstić information content (AvgIpc) is 3.08. The van der Waals surface area contributed by atoms with E-state index in [9.17, 15) is 14.0 Å². The van der Waals surface area contributed by atoms with Gasteiger partial charge in [-0.3, -0.25) is 4.79 Å². The topological polar surface area (TPSA) is 87.9 Å². The Morgan fingerprint density at radius 1 is 1.29 bits per heavy atom. The van der Waals surface area contributed by atoms with Crippen molar-refractivity contribution in [3.8, 4) is 5.75 Å². The fourth-order valence-corrected chi connectivity index (χ4v) is 2.54. The molecular formula is C20H24FNO6. The van der Waals surface area contributed by atoms with Gasteiger partial charge in [-0.2, -0.15) is 0 Å². The molecule has 0 aliphatic rings. The third kappa shape index (κ3) is 5.55. The molecule has 0 saturated heterocycles. The van der Waals surface area contributed by atoms with E-state index < -0.39 is 29.3 Å². The van der Waals surface area contributed by atoms with Crippen molar-refractivity contribution in [2.75, 3.05) is 13.7 Å². The fourth-order valence-electron chi connectivity index (χ4n) is 2.54. The number of methoxy groups -OCH3 is 1. The van der Waals surface area contributed by atoms with Crippen molar-refractivity contribution in [2.45, 2.75) is 45.6 Å². The van der Waals surface area contributed by atoms with Crippen molar-refractivity contribution < 1.29 is 32.6 Å². The number of benzene rings is 1. The van der Waals surface area contributed by atoms with Gasteiger partial charge in [-0.05, 0) is 45.4 Å². The number of hydrogen-bond donors (Lipinski definition) is 0. The number of carbonyl (C=O) groups excluding carboxylic acids is 2. The third-order valence-electron chi connectivity index (χ3n) is 3.67. The molecule has 1 aromatic heterocycles. The second-order valence-electron chi connectivity index (χ2n) is 7.03. The molecular weight excluding hydrogens is 369 g/mol. The highest BCUT2D eigenvalue weighted by molar-refractivity contribution is 5.86. The highest BCUT2D eigenvalue weighted by Crippen LogP contribution is 2.31. The molecule has 1 atom stereocenters. The van der Waals surface area contributed by atoms with E-state index >= 15 is 0 Å². The van der Waals surface area contributed by atoms with E-state index in [0.29, 0.717) is 5.56 Å². The standard InChI is InChI=1S/C20H24FNO6/c1-6-26-19(24)15-11-27-18(22-15)13(10-17(23)28-20(2,3)4)12-7-8-16(25-5)14(21)9-12/h7-9,11,13H,6,10H2,1-5H3. The summed E-state index contributed by atoms with van der Waals surface area (Å²) in [6.07, 6.45) is 1.00. The number of ether oxygens (including phenoxy) is 3. The minimum Gasteiger partial charge on any atom is -0.494 e. The van der Waals surface area contributed by atoms with Crippen LogP contribution in [0, 0.1) is 5.82 Å². The first kappa shape index (κ1) is 21.4. The molecule has 7 nitrogen and oxygen atoms in total. The number of halogens is 1. The highest BCUT2D eigenvalue weighted by atomic mass is 19.1. The minimum absolute atomic E-state index is 0.0278. The molecule has 1 unspecified atom stereocenters. The minimum atomic E-state index is -0.751. The van der Waals surface area contributed by atoms with Crippen LogP contribution in [-0.4, -0.2) is 36.2 Å². The maximum Gasteiger partial charge on any atom is 0.360 e. The van der Waals surface area contributed by atoms with Gasteiger partial charge in [-0.1, -0.05) is 6.07 Å². The zero-order valence-electron chi connectivity index (χ0n) is 16.6. The largest absolute Gasteiger partial charge is 0.494 e. The first-order valence-electron chi connectivity index (χ1n) is 8.82. The summed E-state index contributed by atoms with van der Waals surface area (Å²) in [4.78, 5) is 28.3. The summed E-state index contributed by atoms with van der Waals surface area (Å²) in [5, 5.41) is 0. The van der Waals surface area contributed by atoms with Crippen molar-refractivity contribution >= 4 is 11.9 Å². The molecule has 1 aromatic carbocycles. The molecule has 2 rings (SSSR count). The number of esters is 2. The van der Waals surface area contributed by atoms with Crippen LogP contribution >= 0.6 is 0 Å². The van der Waals surface area contributed by atoms with Crippen LogP contribution in [0.1, 0.15) is 62.0 Å². The highest BCUT2D eigenvalue weighted by Gasteiger charge is 2.28. The molecule has 0 fully saturated rings. The zero-order chi connectivity index (χ0) is 20.9. The lowest BCUT2D eigenvalue weighted by atomic mass is 9.95. The summed E-state index contributed by atoms with van der Waals surface area (Å²) >= 11 is 0. The van der Waals surface area contributed by atoms with Gasteiger partial charge < -0.3 is 18.6 Å². The van der Waals surface area contributed by atoms with Crippen molar-refractivity contribution in [1.82, 2.24) is 4.98 Å². The average molecular weight is 393 g/mol. The van der Waals surface area contributed by atoms with Crippen molar-refractivity contribution in [2.24, 2.45) is 0 Å². The quantitative estimate of drug-likeness (QED) is 0.660. The Balaban J connectivity index is 2.37. The summed E-state index contributed by atoms with van der Waals surface area (Å²) in [5.74, 6) is -2.35. The first-order chi connectivity index (χ1) is 13.1. The Kier molecular flexibility index (Phi) is 6.77. The fraction of sp³-hybridized carbons (Fsp3) is 0.450. The monoisotopic (exact) mass is 393 g/mol. The number of nitrogens with zero attached hydrogens (tertiary/aromatic N) is 1. The molecule has 0 N–H and O–H groups in total. The molecule has 0 spiro atoms. The maximum absolute atomic E-state index is 14.2. The van der Waals surface area contributed by atoms with E-state index in [2.05, 4.69) is 4.98 Å². The molecule has 0 saturated carbocycles. The van der Waals surface area contributed by atoms with E-state index in [1.165, 1.54) is 19.2 Å². The summed E-state index contributed by atoms with van der Waals surface area (Å²) in [5.41, 5.74) is -0.277. The Morgan fingerprint density at radius 2 is 2.00 bits per heavy atom. The summed E-state index contributed by atoms with van der Waals surface area (Å²) in [7, 11) is 1.36. The lowest BCUT2D eigenvalue weighted by Gasteiger charge is -2.21. The van der Waals surface area contributed by atoms with Gasteiger partial charge in [0.2, 0.25) is 5.89 Å². The number of hydrogen-bond acceptors (Lipinski definition) is 7. The Labute approximate surface area is 162 Å². The summed E-state index contributed by atoms with van der Waals surface area (Å²) in [6.45, 7) is 7.10. The number of rotatable bonds is 7. The molecule has 1 heterocycles. The molecule has 152 valence electrons. The van der Waals surface area contributed by atoms with Gasteiger partial charge in [-0.25, -0.2) is 14.2 Å². The molecule has 2 aromatic rings. The van der Waals surface area contributed by atoms with Gasteiger partial charge in [-0.15, -0.1) is 0 Å². The van der Waals surface area contributed by atoms with E-state index in [0.717, 1.165) is 6.26 Å². The van der Waals surface area contributed by atoms with Crippen molar-refractivity contribution in [3.63, 3.8) is 0 Å². The number of aromatic nitrogens is 1. The smallest absolute Gasteiger partial charge is 0.360 e. The Bertz CT molecular complexity index is 839. The van der Waals surface area contributed by atoms with Gasteiger partial charge in [0.05, 0.1) is 26.1 Å². The van der Waals surface area contributed by atoms with E-state index in [4.69, 9.17) is 18.6 Å². The molecule has 0 bridgehead atoms. The van der Waals surface area contributed by atoms with Crippen LogP contribution in [0.2, 0.25) is 0 Å². The SMILES string of the molecule is CCOC(=O)c1coc(C(CC(=O)OC(C)(C)C)c2ccc(OC)c(F)c2)n1. The second kappa shape index (κ2) is 8.86. The Morgan fingerprint density at radius 3 is 2.57 bits per heavy atom. The van der Waals surface area contributed by atoms with Gasteiger partial charge in [0.1, 0.15) is 11.9 Å². The molecule has 0 aliphatic heterocycles. The lowest BCUT2D eigenvalue weighted by Crippen LogP contribution is -2.25. The lowest BCUT2D eigenvalue weighted by molar-refractivity contribution is -0.155. The molecule has 8 heteroatoms. The van der Waals surface area contributed by atoms with Crippen LogP contribution in [0.4, 0.5) is 4.39 Å². The summed E-state index contributed by atoms with van der Waals surface area (Å²) in [6, 6.07) is 4.29. The van der Waals surface area contributed by atoms with E-state index in [1.54, 1.807) is 33.8 Å². The number of oxazole rings is 1. The van der Waals surface area contributed by atoms with Gasteiger partial charge in [0, 0.05) is 0 Å². The zero-order valence-corrected chi connectivity index (χ0v) is 16.6. The normalized spacial score (nSPS) is 12.4.